The Morgan fingerprint density at radius 3 is 2.53 bits per heavy atom. The molecule has 3 fully saturated rings. The van der Waals surface area contributed by atoms with Crippen molar-refractivity contribution in [2.45, 2.75) is 49.5 Å². The van der Waals surface area contributed by atoms with Gasteiger partial charge in [-0.25, -0.2) is 0 Å². The first kappa shape index (κ1) is 19.7. The second-order valence-corrected chi connectivity index (χ2v) is 7.70. The van der Waals surface area contributed by atoms with Crippen molar-refractivity contribution in [3.63, 3.8) is 0 Å². The highest BCUT2D eigenvalue weighted by atomic mass is 16.8. The number of hydrogen-bond donors (Lipinski definition) is 0. The summed E-state index contributed by atoms with van der Waals surface area (Å²) < 4.78 is 36.0. The minimum atomic E-state index is -1.20. The van der Waals surface area contributed by atoms with Crippen LogP contribution in [-0.4, -0.2) is 49.9 Å². The molecule has 0 aliphatic carbocycles. The predicted octanol–water partition coefficient (Wildman–Crippen LogP) is 2.74. The van der Waals surface area contributed by atoms with E-state index >= 15 is 0 Å². The summed E-state index contributed by atoms with van der Waals surface area (Å²) in [6.07, 6.45) is -2.76. The van der Waals surface area contributed by atoms with Crippen LogP contribution < -0.4 is 0 Å². The Morgan fingerprint density at radius 2 is 1.80 bits per heavy atom. The van der Waals surface area contributed by atoms with Gasteiger partial charge in [-0.1, -0.05) is 60.7 Å². The van der Waals surface area contributed by atoms with E-state index in [0.717, 1.165) is 11.1 Å². The van der Waals surface area contributed by atoms with Gasteiger partial charge in [0, 0.05) is 12.7 Å². The van der Waals surface area contributed by atoms with Crippen LogP contribution in [0.1, 0.15) is 23.8 Å². The van der Waals surface area contributed by atoms with E-state index in [0.29, 0.717) is 13.2 Å². The fourth-order valence-electron chi connectivity index (χ4n) is 4.34. The number of carbonyl (C=O) groups is 1. The van der Waals surface area contributed by atoms with Crippen molar-refractivity contribution in [2.24, 2.45) is 0 Å². The van der Waals surface area contributed by atoms with E-state index < -0.39 is 36.5 Å². The van der Waals surface area contributed by atoms with Gasteiger partial charge in [0.15, 0.2) is 12.4 Å². The Morgan fingerprint density at radius 1 is 1.07 bits per heavy atom. The normalized spacial score (nSPS) is 35.4. The average molecular weight is 412 g/mol. The fourth-order valence-corrected chi connectivity index (χ4v) is 4.34. The maximum Gasteiger partial charge on any atom is 0.312 e. The van der Waals surface area contributed by atoms with E-state index in [1.165, 1.54) is 7.11 Å². The van der Waals surface area contributed by atoms with Crippen molar-refractivity contribution in [2.75, 3.05) is 13.7 Å². The molecule has 3 heterocycles. The molecule has 6 atom stereocenters. The van der Waals surface area contributed by atoms with Gasteiger partial charge < -0.3 is 28.4 Å². The predicted molar refractivity (Wildman–Crippen MR) is 104 cm³/mol. The zero-order valence-corrected chi connectivity index (χ0v) is 16.6. The Bertz CT molecular complexity index is 874. The van der Waals surface area contributed by atoms with E-state index in [4.69, 9.17) is 28.4 Å². The van der Waals surface area contributed by atoms with E-state index in [-0.39, 0.29) is 12.4 Å². The number of ether oxygens (including phenoxy) is 6. The standard InChI is InChI=1S/C23H24O7/c1-25-23-12-18(24)28-21(23)20(26-13-15-8-4-2-5-9-15)19-17(30-23)14-27-22(29-19)16-10-6-3-7-11-16/h2-11,17,19-22H,12-14H2,1H3/t17-,19-,20+,21-,22-,23-/m1/s1. The molecule has 3 aliphatic rings. The van der Waals surface area contributed by atoms with Crippen molar-refractivity contribution in [3.05, 3.63) is 71.8 Å². The Kier molecular flexibility index (Phi) is 5.30. The number of methoxy groups -OCH3 is 1. The van der Waals surface area contributed by atoms with E-state index in [1.807, 2.05) is 60.7 Å². The van der Waals surface area contributed by atoms with Crippen LogP contribution in [0.5, 0.6) is 0 Å². The van der Waals surface area contributed by atoms with Crippen molar-refractivity contribution in [3.8, 4) is 0 Å². The number of carbonyl (C=O) groups excluding carboxylic acids is 1. The first-order valence-corrected chi connectivity index (χ1v) is 10.1. The minimum absolute atomic E-state index is 0.00466. The molecule has 0 saturated carbocycles. The molecular formula is C23H24O7. The minimum Gasteiger partial charge on any atom is -0.454 e. The van der Waals surface area contributed by atoms with Crippen molar-refractivity contribution < 1.29 is 33.2 Å². The van der Waals surface area contributed by atoms with Gasteiger partial charge >= 0.3 is 5.97 Å². The highest BCUT2D eigenvalue weighted by Crippen LogP contribution is 2.45. The number of rotatable bonds is 5. The summed E-state index contributed by atoms with van der Waals surface area (Å²) in [6, 6.07) is 19.5. The molecule has 0 spiro atoms. The van der Waals surface area contributed by atoms with Crippen LogP contribution >= 0.6 is 0 Å². The molecule has 30 heavy (non-hydrogen) atoms. The van der Waals surface area contributed by atoms with Gasteiger partial charge in [-0.2, -0.15) is 0 Å². The number of fused-ring (bicyclic) bond motifs is 2. The van der Waals surface area contributed by atoms with Gasteiger partial charge in [0.05, 0.1) is 13.2 Å². The molecule has 158 valence electrons. The Hall–Kier alpha value is -2.29. The van der Waals surface area contributed by atoms with Crippen molar-refractivity contribution in [1.29, 1.82) is 0 Å². The maximum atomic E-state index is 12.2. The molecule has 3 aliphatic heterocycles. The average Bonchev–Trinajstić information content (AvgIpc) is 3.13. The second-order valence-electron chi connectivity index (χ2n) is 7.70. The van der Waals surface area contributed by atoms with Crippen LogP contribution in [0.4, 0.5) is 0 Å². The van der Waals surface area contributed by atoms with Crippen LogP contribution in [0.2, 0.25) is 0 Å². The number of esters is 1. The highest BCUT2D eigenvalue weighted by molar-refractivity contribution is 5.73. The first-order chi connectivity index (χ1) is 14.7. The van der Waals surface area contributed by atoms with Gasteiger partial charge in [0.1, 0.15) is 24.7 Å². The lowest BCUT2D eigenvalue weighted by Crippen LogP contribution is -2.66. The molecule has 2 aromatic carbocycles. The molecule has 7 nitrogen and oxygen atoms in total. The lowest BCUT2D eigenvalue weighted by atomic mass is 9.91. The monoisotopic (exact) mass is 412 g/mol. The van der Waals surface area contributed by atoms with Crippen LogP contribution in [-0.2, 0) is 39.8 Å². The molecule has 3 saturated heterocycles. The summed E-state index contributed by atoms with van der Waals surface area (Å²) in [6.45, 7) is 0.643. The first-order valence-electron chi connectivity index (χ1n) is 10.1. The second kappa shape index (κ2) is 8.09. The molecule has 2 aromatic rings. The van der Waals surface area contributed by atoms with Crippen molar-refractivity contribution in [1.82, 2.24) is 0 Å². The van der Waals surface area contributed by atoms with E-state index in [2.05, 4.69) is 0 Å². The fraction of sp³-hybridized carbons (Fsp3) is 0.435. The lowest BCUT2D eigenvalue weighted by molar-refractivity contribution is -0.389. The molecule has 0 amide bonds. The quantitative estimate of drug-likeness (QED) is 0.699. The lowest BCUT2D eigenvalue weighted by Gasteiger charge is -2.50. The van der Waals surface area contributed by atoms with Gasteiger partial charge in [-0.3, -0.25) is 4.79 Å². The molecule has 0 radical (unpaired) electrons. The van der Waals surface area contributed by atoms with E-state index in [9.17, 15) is 4.79 Å². The SMILES string of the molecule is CO[C@@]12CC(=O)O[C@@H]1[C@@H](OCc1ccccc1)[C@@H]1O[C@H](c3ccccc3)OC[C@H]1O2. The summed E-state index contributed by atoms with van der Waals surface area (Å²) in [5, 5.41) is 0. The molecular weight excluding hydrogens is 388 g/mol. The molecule has 5 rings (SSSR count). The Balaban J connectivity index is 1.43. The van der Waals surface area contributed by atoms with Crippen LogP contribution in [0, 0.1) is 0 Å². The summed E-state index contributed by atoms with van der Waals surface area (Å²) >= 11 is 0. The number of hydrogen-bond acceptors (Lipinski definition) is 7. The van der Waals surface area contributed by atoms with Crippen molar-refractivity contribution >= 4 is 5.97 Å². The van der Waals surface area contributed by atoms with Crippen LogP contribution in [0.25, 0.3) is 0 Å². The van der Waals surface area contributed by atoms with Crippen LogP contribution in [0.3, 0.4) is 0 Å². The summed E-state index contributed by atoms with van der Waals surface area (Å²) in [4.78, 5) is 12.2. The summed E-state index contributed by atoms with van der Waals surface area (Å²) in [5.74, 6) is -1.58. The maximum absolute atomic E-state index is 12.2. The third kappa shape index (κ3) is 3.53. The van der Waals surface area contributed by atoms with E-state index in [1.54, 1.807) is 0 Å². The molecule has 0 bridgehead atoms. The largest absolute Gasteiger partial charge is 0.454 e. The van der Waals surface area contributed by atoms with Gasteiger partial charge in [0.25, 0.3) is 0 Å². The van der Waals surface area contributed by atoms with Gasteiger partial charge in [-0.05, 0) is 5.56 Å². The van der Waals surface area contributed by atoms with Gasteiger partial charge in [-0.15, -0.1) is 0 Å². The zero-order valence-electron chi connectivity index (χ0n) is 16.6. The summed E-state index contributed by atoms with van der Waals surface area (Å²) in [7, 11) is 1.51. The Labute approximate surface area is 174 Å². The zero-order chi connectivity index (χ0) is 20.6. The van der Waals surface area contributed by atoms with Gasteiger partial charge in [0.2, 0.25) is 5.79 Å². The third-order valence-corrected chi connectivity index (χ3v) is 5.82. The molecule has 0 N–H and O–H groups in total. The summed E-state index contributed by atoms with van der Waals surface area (Å²) in [5.41, 5.74) is 1.92. The van der Waals surface area contributed by atoms with Crippen LogP contribution in [0.15, 0.2) is 60.7 Å². The topological polar surface area (TPSA) is 72.5 Å². The molecule has 7 heteroatoms. The molecule has 0 aromatic heterocycles. The highest BCUT2D eigenvalue weighted by Gasteiger charge is 2.64. The smallest absolute Gasteiger partial charge is 0.312 e. The number of benzene rings is 2. The molecule has 0 unspecified atom stereocenters. The third-order valence-electron chi connectivity index (χ3n) is 5.82.